The van der Waals surface area contributed by atoms with E-state index in [1.165, 1.54) is 11.3 Å². The fourth-order valence-corrected chi connectivity index (χ4v) is 2.93. The van der Waals surface area contributed by atoms with Crippen molar-refractivity contribution in [2.75, 3.05) is 6.54 Å². The predicted molar refractivity (Wildman–Crippen MR) is 94.3 cm³/mol. The van der Waals surface area contributed by atoms with Crippen LogP contribution >= 0.6 is 11.3 Å². The van der Waals surface area contributed by atoms with Crippen LogP contribution in [0.15, 0.2) is 42.5 Å². The van der Waals surface area contributed by atoms with Crippen molar-refractivity contribution in [2.45, 2.75) is 20.0 Å². The van der Waals surface area contributed by atoms with Gasteiger partial charge in [-0.15, -0.1) is 11.3 Å². The molecule has 1 aromatic carbocycles. The molecular formula is C18H19NO4S. The van der Waals surface area contributed by atoms with Crippen LogP contribution in [-0.4, -0.2) is 23.7 Å². The molecule has 126 valence electrons. The molecule has 1 aromatic heterocycles. The van der Waals surface area contributed by atoms with Crippen LogP contribution in [0.3, 0.4) is 0 Å². The fraction of sp³-hybridized carbons (Fsp3) is 0.222. The van der Waals surface area contributed by atoms with Gasteiger partial charge in [0.15, 0.2) is 0 Å². The number of ether oxygens (including phenoxy) is 1. The van der Waals surface area contributed by atoms with Crippen molar-refractivity contribution < 1.29 is 19.4 Å². The summed E-state index contributed by atoms with van der Waals surface area (Å²) in [6, 6.07) is 11.1. The van der Waals surface area contributed by atoms with Crippen LogP contribution in [0.4, 0.5) is 4.79 Å². The maximum Gasteiger partial charge on any atom is 0.407 e. The molecule has 0 unspecified atom stereocenters. The van der Waals surface area contributed by atoms with E-state index in [1.807, 2.05) is 49.4 Å². The lowest BCUT2D eigenvalue weighted by atomic mass is 10.2. The molecular weight excluding hydrogens is 326 g/mol. The standard InChI is InChI=1S/C18H19NO4S/c1-13-11-16(17(20)21)24-15(13)9-5-6-10-19-18(22)23-12-14-7-3-2-4-8-14/h2-5,7-9,11H,6,10,12H2,1H3,(H,19,22)(H,20,21). The third-order valence-electron chi connectivity index (χ3n) is 3.23. The van der Waals surface area contributed by atoms with Crippen molar-refractivity contribution in [3.63, 3.8) is 0 Å². The number of benzene rings is 1. The number of hydrogen-bond acceptors (Lipinski definition) is 4. The van der Waals surface area contributed by atoms with Crippen LogP contribution in [0.25, 0.3) is 6.08 Å². The Balaban J connectivity index is 1.68. The Morgan fingerprint density at radius 2 is 2.04 bits per heavy atom. The van der Waals surface area contributed by atoms with Gasteiger partial charge in [0.05, 0.1) is 0 Å². The van der Waals surface area contributed by atoms with E-state index >= 15 is 0 Å². The molecule has 24 heavy (non-hydrogen) atoms. The molecule has 0 bridgehead atoms. The summed E-state index contributed by atoms with van der Waals surface area (Å²) >= 11 is 1.24. The van der Waals surface area contributed by atoms with Gasteiger partial charge in [0, 0.05) is 11.4 Å². The Labute approximate surface area is 144 Å². The van der Waals surface area contributed by atoms with Gasteiger partial charge in [0.25, 0.3) is 0 Å². The number of hydrogen-bond donors (Lipinski definition) is 2. The second-order valence-corrected chi connectivity index (χ2v) is 6.23. The number of aryl methyl sites for hydroxylation is 1. The molecule has 5 nitrogen and oxygen atoms in total. The number of alkyl carbamates (subject to hydrolysis) is 1. The molecule has 0 aliphatic heterocycles. The average Bonchev–Trinajstić information content (AvgIpc) is 2.95. The van der Waals surface area contributed by atoms with Gasteiger partial charge in [-0.05, 0) is 36.6 Å². The van der Waals surface area contributed by atoms with Gasteiger partial charge in [0.1, 0.15) is 11.5 Å². The molecule has 0 atom stereocenters. The Hall–Kier alpha value is -2.60. The molecule has 0 saturated heterocycles. The Morgan fingerprint density at radius 1 is 1.29 bits per heavy atom. The second kappa shape index (κ2) is 8.88. The summed E-state index contributed by atoms with van der Waals surface area (Å²) < 4.78 is 5.10. The first-order valence-electron chi connectivity index (χ1n) is 7.51. The highest BCUT2D eigenvalue weighted by Crippen LogP contribution is 2.23. The van der Waals surface area contributed by atoms with Crippen LogP contribution < -0.4 is 5.32 Å². The van der Waals surface area contributed by atoms with E-state index in [1.54, 1.807) is 6.07 Å². The number of aromatic carboxylic acids is 1. The van der Waals surface area contributed by atoms with Crippen LogP contribution in [0.1, 0.15) is 32.1 Å². The Kier molecular flexibility index (Phi) is 6.57. The summed E-state index contributed by atoms with van der Waals surface area (Å²) in [7, 11) is 0. The maximum absolute atomic E-state index is 11.6. The van der Waals surface area contributed by atoms with Crippen molar-refractivity contribution in [1.82, 2.24) is 5.32 Å². The second-order valence-electron chi connectivity index (χ2n) is 5.14. The lowest BCUT2D eigenvalue weighted by molar-refractivity contribution is 0.0702. The van der Waals surface area contributed by atoms with Gasteiger partial charge in [-0.1, -0.05) is 36.4 Å². The molecule has 1 heterocycles. The topological polar surface area (TPSA) is 75.6 Å². The van der Waals surface area contributed by atoms with Crippen molar-refractivity contribution in [3.8, 4) is 0 Å². The van der Waals surface area contributed by atoms with E-state index in [0.29, 0.717) is 17.8 Å². The molecule has 0 aliphatic rings. The SMILES string of the molecule is Cc1cc(C(=O)O)sc1C=CCCNC(=O)OCc1ccccc1. The molecule has 0 spiro atoms. The predicted octanol–water partition coefficient (Wildman–Crippen LogP) is 4.08. The number of carbonyl (C=O) groups is 2. The molecule has 6 heteroatoms. The minimum Gasteiger partial charge on any atom is -0.477 e. The molecule has 0 fully saturated rings. The number of amides is 1. The first-order valence-corrected chi connectivity index (χ1v) is 8.32. The third-order valence-corrected chi connectivity index (χ3v) is 4.42. The van der Waals surface area contributed by atoms with Crippen molar-refractivity contribution >= 4 is 29.5 Å². The number of thiophene rings is 1. The van der Waals surface area contributed by atoms with Gasteiger partial charge in [-0.2, -0.15) is 0 Å². The Morgan fingerprint density at radius 3 is 2.71 bits per heavy atom. The monoisotopic (exact) mass is 345 g/mol. The number of rotatable bonds is 7. The van der Waals surface area contributed by atoms with Gasteiger partial charge in [-0.3, -0.25) is 0 Å². The number of carbonyl (C=O) groups excluding carboxylic acids is 1. The lowest BCUT2D eigenvalue weighted by Crippen LogP contribution is -2.24. The van der Waals surface area contributed by atoms with Crippen molar-refractivity contribution in [3.05, 3.63) is 63.4 Å². The number of nitrogens with one attached hydrogen (secondary N) is 1. The summed E-state index contributed by atoms with van der Waals surface area (Å²) in [5.41, 5.74) is 1.87. The van der Waals surface area contributed by atoms with Gasteiger partial charge in [-0.25, -0.2) is 9.59 Å². The van der Waals surface area contributed by atoms with Gasteiger partial charge >= 0.3 is 12.1 Å². The quantitative estimate of drug-likeness (QED) is 0.741. The van der Waals surface area contributed by atoms with E-state index in [9.17, 15) is 9.59 Å². The number of carboxylic acid groups (broad SMARTS) is 1. The summed E-state index contributed by atoms with van der Waals surface area (Å²) in [6.07, 6.45) is 3.97. The molecule has 2 aromatic rings. The van der Waals surface area contributed by atoms with E-state index in [0.717, 1.165) is 16.0 Å². The average molecular weight is 345 g/mol. The largest absolute Gasteiger partial charge is 0.477 e. The van der Waals surface area contributed by atoms with Crippen molar-refractivity contribution in [2.24, 2.45) is 0 Å². The molecule has 1 amide bonds. The lowest BCUT2D eigenvalue weighted by Gasteiger charge is -2.05. The first kappa shape index (κ1) is 17.7. The smallest absolute Gasteiger partial charge is 0.407 e. The molecule has 2 N–H and O–H groups in total. The summed E-state index contributed by atoms with van der Waals surface area (Å²) in [4.78, 5) is 23.7. The zero-order valence-corrected chi connectivity index (χ0v) is 14.1. The minimum atomic E-state index is -0.912. The zero-order chi connectivity index (χ0) is 17.4. The summed E-state index contributed by atoms with van der Waals surface area (Å²) in [5, 5.41) is 11.6. The van der Waals surface area contributed by atoms with Gasteiger partial charge in [0.2, 0.25) is 0 Å². The highest BCUT2D eigenvalue weighted by Gasteiger charge is 2.08. The van der Waals surface area contributed by atoms with Crippen LogP contribution in [0.5, 0.6) is 0 Å². The maximum atomic E-state index is 11.6. The first-order chi connectivity index (χ1) is 11.6. The van der Waals surface area contributed by atoms with E-state index < -0.39 is 12.1 Å². The van der Waals surface area contributed by atoms with Crippen LogP contribution in [0, 0.1) is 6.92 Å². The van der Waals surface area contributed by atoms with Gasteiger partial charge < -0.3 is 15.2 Å². The van der Waals surface area contributed by atoms with E-state index in [-0.39, 0.29) is 6.61 Å². The number of carboxylic acids is 1. The van der Waals surface area contributed by atoms with E-state index in [4.69, 9.17) is 9.84 Å². The van der Waals surface area contributed by atoms with Crippen molar-refractivity contribution in [1.29, 1.82) is 0 Å². The summed E-state index contributed by atoms with van der Waals surface area (Å²) in [5.74, 6) is -0.912. The van der Waals surface area contributed by atoms with Crippen LogP contribution in [0.2, 0.25) is 0 Å². The highest BCUT2D eigenvalue weighted by molar-refractivity contribution is 7.15. The molecule has 2 rings (SSSR count). The molecule has 0 aliphatic carbocycles. The highest BCUT2D eigenvalue weighted by atomic mass is 32.1. The molecule has 0 radical (unpaired) electrons. The third kappa shape index (κ3) is 5.55. The van der Waals surface area contributed by atoms with E-state index in [2.05, 4.69) is 5.32 Å². The molecule has 0 saturated carbocycles. The zero-order valence-electron chi connectivity index (χ0n) is 13.3. The normalized spacial score (nSPS) is 10.7. The van der Waals surface area contributed by atoms with Crippen LogP contribution in [-0.2, 0) is 11.3 Å². The minimum absolute atomic E-state index is 0.245. The summed E-state index contributed by atoms with van der Waals surface area (Å²) in [6.45, 7) is 2.58. The fourth-order valence-electron chi connectivity index (χ4n) is 1.99. The Bertz CT molecular complexity index is 722.